The van der Waals surface area contributed by atoms with Crippen LogP contribution in [0.3, 0.4) is 0 Å². The molecule has 0 aliphatic rings. The van der Waals surface area contributed by atoms with Crippen molar-refractivity contribution in [1.82, 2.24) is 14.5 Å². The highest BCUT2D eigenvalue weighted by Gasteiger charge is 2.09. The highest BCUT2D eigenvalue weighted by Crippen LogP contribution is 2.19. The van der Waals surface area contributed by atoms with Crippen LogP contribution >= 0.6 is 11.3 Å². The van der Waals surface area contributed by atoms with Gasteiger partial charge in [-0.25, -0.2) is 4.98 Å². The van der Waals surface area contributed by atoms with Crippen LogP contribution in [0.15, 0.2) is 36.2 Å². The Kier molecular flexibility index (Phi) is 2.45. The Hall–Kier alpha value is -2.01. The molecular weight excluding hydrogens is 234 g/mol. The Balaban J connectivity index is 2.13. The van der Waals surface area contributed by atoms with Crippen LogP contribution in [-0.2, 0) is 6.54 Å². The summed E-state index contributed by atoms with van der Waals surface area (Å²) in [4.78, 5) is 20.5. The van der Waals surface area contributed by atoms with Crippen molar-refractivity contribution in [3.05, 3.63) is 46.7 Å². The zero-order valence-electron chi connectivity index (χ0n) is 8.91. The summed E-state index contributed by atoms with van der Waals surface area (Å²) >= 11 is 1.60. The maximum atomic E-state index is 11.0. The molecule has 17 heavy (non-hydrogen) atoms. The molecule has 0 spiro atoms. The standard InChI is InChI=1S/C12H9N3OS/c16-7-9-5-15(6-10-4-13-8-17-10)12-11(9)2-1-3-14-12/h1-5,7-8H,6H2. The summed E-state index contributed by atoms with van der Waals surface area (Å²) < 4.78 is 1.98. The molecular formula is C12H9N3OS. The minimum atomic E-state index is 0.678. The molecule has 5 heteroatoms. The molecule has 84 valence electrons. The van der Waals surface area contributed by atoms with Crippen LogP contribution in [0.1, 0.15) is 15.2 Å². The molecule has 0 N–H and O–H groups in total. The monoisotopic (exact) mass is 243 g/mol. The number of carbonyl (C=O) groups excluding carboxylic acids is 1. The van der Waals surface area contributed by atoms with Crippen molar-refractivity contribution in [2.24, 2.45) is 0 Å². The predicted octanol–water partition coefficient (Wildman–Crippen LogP) is 2.35. The predicted molar refractivity (Wildman–Crippen MR) is 66.3 cm³/mol. The Bertz CT molecular complexity index is 658. The fourth-order valence-electron chi connectivity index (χ4n) is 1.85. The van der Waals surface area contributed by atoms with Crippen LogP contribution in [-0.4, -0.2) is 20.8 Å². The molecule has 0 aliphatic carbocycles. The summed E-state index contributed by atoms with van der Waals surface area (Å²) in [5.74, 6) is 0. The van der Waals surface area contributed by atoms with Crippen molar-refractivity contribution in [3.63, 3.8) is 0 Å². The van der Waals surface area contributed by atoms with Gasteiger partial charge in [-0.2, -0.15) is 0 Å². The lowest BCUT2D eigenvalue weighted by Crippen LogP contribution is -1.96. The van der Waals surface area contributed by atoms with E-state index in [4.69, 9.17) is 0 Å². The Morgan fingerprint density at radius 2 is 2.41 bits per heavy atom. The van der Waals surface area contributed by atoms with Gasteiger partial charge in [-0.3, -0.25) is 9.78 Å². The average Bonchev–Trinajstić information content (AvgIpc) is 2.98. The number of aromatic nitrogens is 3. The summed E-state index contributed by atoms with van der Waals surface area (Å²) in [5.41, 5.74) is 3.32. The maximum absolute atomic E-state index is 11.0. The average molecular weight is 243 g/mol. The van der Waals surface area contributed by atoms with Gasteiger partial charge in [0, 0.05) is 34.4 Å². The number of pyridine rings is 1. The number of hydrogen-bond acceptors (Lipinski definition) is 4. The number of hydrogen-bond donors (Lipinski definition) is 0. The first-order valence-electron chi connectivity index (χ1n) is 5.15. The van der Waals surface area contributed by atoms with E-state index in [1.807, 2.05) is 29.1 Å². The summed E-state index contributed by atoms with van der Waals surface area (Å²) in [6.45, 7) is 0.700. The van der Waals surface area contributed by atoms with Crippen molar-refractivity contribution >= 4 is 28.7 Å². The van der Waals surface area contributed by atoms with Gasteiger partial charge in [0.1, 0.15) is 5.65 Å². The zero-order chi connectivity index (χ0) is 11.7. The van der Waals surface area contributed by atoms with Gasteiger partial charge in [-0.1, -0.05) is 0 Å². The van der Waals surface area contributed by atoms with Crippen LogP contribution in [0.25, 0.3) is 11.0 Å². The molecule has 0 unspecified atom stereocenters. The lowest BCUT2D eigenvalue weighted by atomic mass is 10.2. The third-order valence-electron chi connectivity index (χ3n) is 2.60. The normalized spacial score (nSPS) is 10.8. The molecule has 0 saturated carbocycles. The van der Waals surface area contributed by atoms with E-state index in [1.54, 1.807) is 23.0 Å². The van der Waals surface area contributed by atoms with Gasteiger partial charge in [-0.15, -0.1) is 11.3 Å². The Morgan fingerprint density at radius 1 is 1.47 bits per heavy atom. The lowest BCUT2D eigenvalue weighted by molar-refractivity contribution is 0.112. The quantitative estimate of drug-likeness (QED) is 0.663. The smallest absolute Gasteiger partial charge is 0.152 e. The Labute approximate surface area is 102 Å². The molecule has 4 nitrogen and oxygen atoms in total. The fraction of sp³-hybridized carbons (Fsp3) is 0.0833. The van der Waals surface area contributed by atoms with E-state index >= 15 is 0 Å². The molecule has 0 bridgehead atoms. The number of fused-ring (bicyclic) bond motifs is 1. The number of rotatable bonds is 3. The van der Waals surface area contributed by atoms with Gasteiger partial charge in [-0.05, 0) is 12.1 Å². The minimum absolute atomic E-state index is 0.678. The van der Waals surface area contributed by atoms with Crippen molar-refractivity contribution in [1.29, 1.82) is 0 Å². The van der Waals surface area contributed by atoms with Crippen LogP contribution in [0.5, 0.6) is 0 Å². The number of carbonyl (C=O) groups is 1. The Morgan fingerprint density at radius 3 is 3.18 bits per heavy atom. The highest BCUT2D eigenvalue weighted by molar-refractivity contribution is 7.09. The number of nitrogens with zero attached hydrogens (tertiary/aromatic N) is 3. The first-order chi connectivity index (χ1) is 8.38. The fourth-order valence-corrected chi connectivity index (χ4v) is 2.44. The molecule has 0 fully saturated rings. The van der Waals surface area contributed by atoms with Gasteiger partial charge in [0.25, 0.3) is 0 Å². The lowest BCUT2D eigenvalue weighted by Gasteiger charge is -2.00. The zero-order valence-corrected chi connectivity index (χ0v) is 9.72. The second kappa shape index (κ2) is 4.10. The van der Waals surface area contributed by atoms with Crippen molar-refractivity contribution in [2.75, 3.05) is 0 Å². The molecule has 0 amide bonds. The van der Waals surface area contributed by atoms with E-state index in [-0.39, 0.29) is 0 Å². The van der Waals surface area contributed by atoms with E-state index in [9.17, 15) is 4.79 Å². The maximum Gasteiger partial charge on any atom is 0.152 e. The van der Waals surface area contributed by atoms with Gasteiger partial charge < -0.3 is 4.57 Å². The molecule has 3 aromatic heterocycles. The van der Waals surface area contributed by atoms with E-state index in [1.165, 1.54) is 0 Å². The van der Waals surface area contributed by atoms with E-state index in [0.717, 1.165) is 22.2 Å². The third kappa shape index (κ3) is 1.74. The van der Waals surface area contributed by atoms with Gasteiger partial charge in [0.15, 0.2) is 6.29 Å². The SMILES string of the molecule is O=Cc1cn(Cc2cncs2)c2ncccc12. The molecule has 0 atom stereocenters. The number of thiazole rings is 1. The first kappa shape index (κ1) is 10.2. The minimum Gasteiger partial charge on any atom is -0.326 e. The van der Waals surface area contributed by atoms with E-state index < -0.39 is 0 Å². The van der Waals surface area contributed by atoms with Crippen LogP contribution < -0.4 is 0 Å². The molecule has 3 rings (SSSR count). The van der Waals surface area contributed by atoms with Gasteiger partial charge in [0.2, 0.25) is 0 Å². The van der Waals surface area contributed by atoms with Crippen LogP contribution in [0.4, 0.5) is 0 Å². The second-order valence-electron chi connectivity index (χ2n) is 3.67. The second-order valence-corrected chi connectivity index (χ2v) is 4.64. The summed E-state index contributed by atoms with van der Waals surface area (Å²) in [6, 6.07) is 3.75. The first-order valence-corrected chi connectivity index (χ1v) is 6.03. The summed E-state index contributed by atoms with van der Waals surface area (Å²) in [6.07, 6.45) is 6.28. The van der Waals surface area contributed by atoms with E-state index in [0.29, 0.717) is 12.1 Å². The molecule has 0 saturated heterocycles. The molecule has 0 radical (unpaired) electrons. The largest absolute Gasteiger partial charge is 0.326 e. The molecule has 3 heterocycles. The molecule has 0 aliphatic heterocycles. The van der Waals surface area contributed by atoms with Crippen LogP contribution in [0.2, 0.25) is 0 Å². The van der Waals surface area contributed by atoms with Crippen molar-refractivity contribution < 1.29 is 4.79 Å². The topological polar surface area (TPSA) is 47.8 Å². The van der Waals surface area contributed by atoms with Crippen molar-refractivity contribution in [3.8, 4) is 0 Å². The molecule has 3 aromatic rings. The van der Waals surface area contributed by atoms with Crippen molar-refractivity contribution in [2.45, 2.75) is 6.54 Å². The van der Waals surface area contributed by atoms with Gasteiger partial charge in [0.05, 0.1) is 12.1 Å². The summed E-state index contributed by atoms with van der Waals surface area (Å²) in [7, 11) is 0. The highest BCUT2D eigenvalue weighted by atomic mass is 32.1. The third-order valence-corrected chi connectivity index (χ3v) is 3.37. The van der Waals surface area contributed by atoms with Crippen LogP contribution in [0, 0.1) is 0 Å². The van der Waals surface area contributed by atoms with E-state index in [2.05, 4.69) is 9.97 Å². The summed E-state index contributed by atoms with van der Waals surface area (Å²) in [5, 5.41) is 0.895. The van der Waals surface area contributed by atoms with Gasteiger partial charge >= 0.3 is 0 Å². The molecule has 0 aromatic carbocycles. The number of aldehydes is 1.